The Hall–Kier alpha value is -2.82. The number of halogens is 2. The van der Waals surface area contributed by atoms with Crippen LogP contribution in [0.4, 0.5) is 5.69 Å². The van der Waals surface area contributed by atoms with E-state index in [4.69, 9.17) is 23.2 Å². The van der Waals surface area contributed by atoms with Crippen LogP contribution < -0.4 is 5.43 Å². The maximum atomic E-state index is 6.05. The largest absolute Gasteiger partial charge is 0.318 e. The van der Waals surface area contributed by atoms with Gasteiger partial charge in [-0.25, -0.2) is 0 Å². The Morgan fingerprint density at radius 1 is 0.964 bits per heavy atom. The summed E-state index contributed by atoms with van der Waals surface area (Å²) in [4.78, 5) is 4.35. The Morgan fingerprint density at radius 3 is 2.50 bits per heavy atom. The van der Waals surface area contributed by atoms with Crippen LogP contribution in [0.15, 0.2) is 65.9 Å². The van der Waals surface area contributed by atoms with Gasteiger partial charge in [0.05, 0.1) is 17.4 Å². The fourth-order valence-electron chi connectivity index (χ4n) is 3.30. The van der Waals surface area contributed by atoms with Crippen LogP contribution in [0.2, 0.25) is 10.0 Å². The summed E-state index contributed by atoms with van der Waals surface area (Å²) >= 11 is 12.1. The van der Waals surface area contributed by atoms with Crippen molar-refractivity contribution in [3.8, 4) is 5.69 Å². The van der Waals surface area contributed by atoms with E-state index >= 15 is 0 Å². The van der Waals surface area contributed by atoms with Crippen LogP contribution in [0.5, 0.6) is 0 Å². The number of rotatable bonds is 4. The van der Waals surface area contributed by atoms with Crippen molar-refractivity contribution in [1.82, 2.24) is 9.55 Å². The molecule has 0 saturated heterocycles. The predicted molar refractivity (Wildman–Crippen MR) is 118 cm³/mol. The first-order chi connectivity index (χ1) is 13.5. The normalized spacial score (nSPS) is 11.4. The summed E-state index contributed by atoms with van der Waals surface area (Å²) in [7, 11) is 0. The van der Waals surface area contributed by atoms with E-state index in [2.05, 4.69) is 40.0 Å². The second kappa shape index (κ2) is 7.66. The molecule has 0 aliphatic carbocycles. The lowest BCUT2D eigenvalue weighted by molar-refractivity contribution is 0.965. The lowest BCUT2D eigenvalue weighted by Crippen LogP contribution is -1.99. The van der Waals surface area contributed by atoms with E-state index in [1.807, 2.05) is 54.7 Å². The van der Waals surface area contributed by atoms with E-state index in [-0.39, 0.29) is 0 Å². The summed E-state index contributed by atoms with van der Waals surface area (Å²) in [5.41, 5.74) is 9.18. The van der Waals surface area contributed by atoms with Gasteiger partial charge in [0.15, 0.2) is 0 Å². The van der Waals surface area contributed by atoms with Gasteiger partial charge in [0, 0.05) is 44.3 Å². The summed E-state index contributed by atoms with van der Waals surface area (Å²) in [6.07, 6.45) is 3.57. The molecule has 0 bridgehead atoms. The quantitative estimate of drug-likeness (QED) is 0.313. The minimum Gasteiger partial charge on any atom is -0.318 e. The molecule has 4 rings (SSSR count). The second-order valence-corrected chi connectivity index (χ2v) is 7.40. The molecule has 2 aromatic heterocycles. The minimum absolute atomic E-state index is 0.662. The molecule has 0 fully saturated rings. The molecule has 2 aromatic carbocycles. The van der Waals surface area contributed by atoms with Crippen LogP contribution in [0, 0.1) is 13.8 Å². The van der Waals surface area contributed by atoms with Crippen molar-refractivity contribution in [3.05, 3.63) is 87.8 Å². The molecule has 0 spiro atoms. The van der Waals surface area contributed by atoms with E-state index in [0.717, 1.165) is 44.3 Å². The Bertz CT molecular complexity index is 1180. The first-order valence-electron chi connectivity index (χ1n) is 8.81. The molecule has 0 unspecified atom stereocenters. The van der Waals surface area contributed by atoms with Crippen molar-refractivity contribution in [2.24, 2.45) is 5.10 Å². The number of nitrogens with one attached hydrogen (secondary N) is 1. The van der Waals surface area contributed by atoms with Gasteiger partial charge >= 0.3 is 0 Å². The molecule has 0 aliphatic rings. The molecule has 2 heterocycles. The molecule has 0 atom stereocenters. The fraction of sp³-hybridized carbons (Fsp3) is 0.0909. The molecule has 6 heteroatoms. The van der Waals surface area contributed by atoms with Crippen LogP contribution in [0.1, 0.15) is 17.0 Å². The number of hydrogen-bond acceptors (Lipinski definition) is 3. The summed E-state index contributed by atoms with van der Waals surface area (Å²) < 4.78 is 2.18. The van der Waals surface area contributed by atoms with Gasteiger partial charge in [-0.2, -0.15) is 5.10 Å². The number of hydrazone groups is 1. The fourth-order valence-corrected chi connectivity index (χ4v) is 3.59. The van der Waals surface area contributed by atoms with Crippen LogP contribution in [0.25, 0.3) is 16.6 Å². The van der Waals surface area contributed by atoms with Crippen molar-refractivity contribution < 1.29 is 0 Å². The number of fused-ring (bicyclic) bond motifs is 1. The molecule has 0 radical (unpaired) electrons. The average molecular weight is 409 g/mol. The highest BCUT2D eigenvalue weighted by molar-refractivity contribution is 6.31. The Balaban J connectivity index is 1.61. The molecule has 0 amide bonds. The van der Waals surface area contributed by atoms with E-state index in [1.54, 1.807) is 6.20 Å². The molecule has 0 aliphatic heterocycles. The lowest BCUT2D eigenvalue weighted by atomic mass is 10.2. The number of hydrogen-bond donors (Lipinski definition) is 1. The van der Waals surface area contributed by atoms with Crippen LogP contribution >= 0.6 is 23.2 Å². The molecule has 0 saturated carbocycles. The Labute approximate surface area is 173 Å². The molecule has 4 aromatic rings. The smallest absolute Gasteiger partial charge is 0.0738 e. The topological polar surface area (TPSA) is 42.2 Å². The third-order valence-corrected chi connectivity index (χ3v) is 5.14. The van der Waals surface area contributed by atoms with Gasteiger partial charge in [-0.15, -0.1) is 0 Å². The third kappa shape index (κ3) is 3.61. The number of aryl methyl sites for hydroxylation is 1. The van der Waals surface area contributed by atoms with Crippen molar-refractivity contribution in [3.63, 3.8) is 0 Å². The monoisotopic (exact) mass is 408 g/mol. The summed E-state index contributed by atoms with van der Waals surface area (Å²) in [6, 6.07) is 17.4. The van der Waals surface area contributed by atoms with Gasteiger partial charge in [0.2, 0.25) is 0 Å². The zero-order chi connectivity index (χ0) is 19.7. The molecular weight excluding hydrogens is 391 g/mol. The van der Waals surface area contributed by atoms with Crippen molar-refractivity contribution in [1.29, 1.82) is 0 Å². The minimum atomic E-state index is 0.662. The maximum Gasteiger partial charge on any atom is 0.0738 e. The number of pyridine rings is 1. The number of nitrogens with zero attached hydrogens (tertiary/aromatic N) is 3. The highest BCUT2D eigenvalue weighted by atomic mass is 35.5. The van der Waals surface area contributed by atoms with Gasteiger partial charge in [-0.05, 0) is 68.4 Å². The van der Waals surface area contributed by atoms with Crippen LogP contribution in [-0.4, -0.2) is 15.8 Å². The first kappa shape index (κ1) is 18.5. The standard InChI is InChI=1S/C22H18Cl2N4/c1-14-11-16(15(2)28(14)19-6-3-17(23)4-7-19)13-26-27-21-9-10-25-22-12-18(24)5-8-20(21)22/h3-13H,1-2H3,(H,25,27)/b26-13+. The zero-order valence-corrected chi connectivity index (χ0v) is 17.0. The molecule has 1 N–H and O–H groups in total. The number of anilines is 1. The van der Waals surface area contributed by atoms with Gasteiger partial charge in [0.1, 0.15) is 0 Å². The van der Waals surface area contributed by atoms with E-state index in [1.165, 1.54) is 0 Å². The van der Waals surface area contributed by atoms with Gasteiger partial charge < -0.3 is 4.57 Å². The molecule has 28 heavy (non-hydrogen) atoms. The van der Waals surface area contributed by atoms with E-state index < -0.39 is 0 Å². The molecular formula is C22H18Cl2N4. The Morgan fingerprint density at radius 2 is 1.71 bits per heavy atom. The third-order valence-electron chi connectivity index (χ3n) is 4.65. The van der Waals surface area contributed by atoms with Crippen molar-refractivity contribution in [2.45, 2.75) is 13.8 Å². The lowest BCUT2D eigenvalue weighted by Gasteiger charge is -2.09. The van der Waals surface area contributed by atoms with Gasteiger partial charge in [0.25, 0.3) is 0 Å². The predicted octanol–water partition coefficient (Wildman–Crippen LogP) is 6.40. The summed E-state index contributed by atoms with van der Waals surface area (Å²) in [5.74, 6) is 0. The zero-order valence-electron chi connectivity index (χ0n) is 15.4. The molecule has 4 nitrogen and oxygen atoms in total. The highest BCUT2D eigenvalue weighted by Gasteiger charge is 2.09. The SMILES string of the molecule is Cc1cc(/C=N/Nc2ccnc3cc(Cl)ccc23)c(C)n1-c1ccc(Cl)cc1. The van der Waals surface area contributed by atoms with Crippen LogP contribution in [-0.2, 0) is 0 Å². The molecule has 140 valence electrons. The maximum absolute atomic E-state index is 6.05. The number of aromatic nitrogens is 2. The average Bonchev–Trinajstić information content (AvgIpc) is 2.96. The Kier molecular flexibility index (Phi) is 5.07. The van der Waals surface area contributed by atoms with E-state index in [0.29, 0.717) is 5.02 Å². The van der Waals surface area contributed by atoms with Crippen molar-refractivity contribution >= 4 is 46.0 Å². The van der Waals surface area contributed by atoms with Crippen LogP contribution in [0.3, 0.4) is 0 Å². The highest BCUT2D eigenvalue weighted by Crippen LogP contribution is 2.25. The van der Waals surface area contributed by atoms with Gasteiger partial charge in [-0.1, -0.05) is 23.2 Å². The number of benzene rings is 2. The first-order valence-corrected chi connectivity index (χ1v) is 9.57. The summed E-state index contributed by atoms with van der Waals surface area (Å²) in [6.45, 7) is 4.15. The summed E-state index contributed by atoms with van der Waals surface area (Å²) in [5, 5.41) is 6.79. The van der Waals surface area contributed by atoms with E-state index in [9.17, 15) is 0 Å². The van der Waals surface area contributed by atoms with Crippen molar-refractivity contribution in [2.75, 3.05) is 5.43 Å². The second-order valence-electron chi connectivity index (χ2n) is 6.53. The van der Waals surface area contributed by atoms with Gasteiger partial charge in [-0.3, -0.25) is 10.4 Å².